The van der Waals surface area contributed by atoms with Crippen LogP contribution >= 0.6 is 11.6 Å². The zero-order valence-corrected chi connectivity index (χ0v) is 13.3. The van der Waals surface area contributed by atoms with Crippen LogP contribution in [0.3, 0.4) is 0 Å². The van der Waals surface area contributed by atoms with E-state index in [1.165, 1.54) is 0 Å². The highest BCUT2D eigenvalue weighted by Gasteiger charge is 2.09. The maximum atomic E-state index is 6.12. The lowest BCUT2D eigenvalue weighted by atomic mass is 10.1. The molecule has 1 aromatic carbocycles. The lowest BCUT2D eigenvalue weighted by Gasteiger charge is -2.13. The van der Waals surface area contributed by atoms with E-state index >= 15 is 0 Å². The van der Waals surface area contributed by atoms with E-state index in [1.807, 2.05) is 29.1 Å². The quantitative estimate of drug-likeness (QED) is 0.897. The fraction of sp³-hybridized carbons (Fsp3) is 0.438. The van der Waals surface area contributed by atoms with Gasteiger partial charge in [-0.3, -0.25) is 0 Å². The third-order valence-electron chi connectivity index (χ3n) is 3.19. The van der Waals surface area contributed by atoms with Crippen LogP contribution in [0.1, 0.15) is 44.9 Å². The molecule has 0 bridgehead atoms. The lowest BCUT2D eigenvalue weighted by Crippen LogP contribution is -2.22. The molecule has 1 aromatic heterocycles. The number of aromatic nitrogens is 2. The molecule has 0 aliphatic rings. The zero-order chi connectivity index (χ0) is 14.7. The summed E-state index contributed by atoms with van der Waals surface area (Å²) in [4.78, 5) is 0. The Hall–Kier alpha value is -1.32. The summed E-state index contributed by atoms with van der Waals surface area (Å²) in [5, 5.41) is 8.83. The zero-order valence-electron chi connectivity index (χ0n) is 12.5. The minimum absolute atomic E-state index is 0.431. The van der Waals surface area contributed by atoms with Crippen molar-refractivity contribution in [1.82, 2.24) is 15.1 Å². The molecule has 0 spiro atoms. The van der Waals surface area contributed by atoms with Crippen molar-refractivity contribution in [3.63, 3.8) is 0 Å². The molecule has 0 fully saturated rings. The monoisotopic (exact) mass is 291 g/mol. The van der Waals surface area contributed by atoms with Crippen molar-refractivity contribution in [2.75, 3.05) is 0 Å². The van der Waals surface area contributed by atoms with Gasteiger partial charge in [-0.2, -0.15) is 5.10 Å². The van der Waals surface area contributed by atoms with E-state index in [4.69, 9.17) is 11.6 Å². The second-order valence-corrected chi connectivity index (χ2v) is 6.08. The predicted octanol–water partition coefficient (Wildman–Crippen LogP) is 4.15. The van der Waals surface area contributed by atoms with Crippen molar-refractivity contribution < 1.29 is 0 Å². The molecule has 2 rings (SSSR count). The summed E-state index contributed by atoms with van der Waals surface area (Å²) in [6, 6.07) is 8.44. The maximum absolute atomic E-state index is 6.12. The SMILES string of the molecule is CC(C)NCc1cc(Cl)ccc1-n1ccc(C(C)C)n1. The summed E-state index contributed by atoms with van der Waals surface area (Å²) in [6.45, 7) is 9.35. The Balaban J connectivity index is 2.33. The van der Waals surface area contributed by atoms with Crippen molar-refractivity contribution in [1.29, 1.82) is 0 Å². The molecule has 0 saturated carbocycles. The van der Waals surface area contributed by atoms with E-state index in [2.05, 4.69) is 44.2 Å². The van der Waals surface area contributed by atoms with E-state index in [0.717, 1.165) is 28.5 Å². The first kappa shape index (κ1) is 15.1. The van der Waals surface area contributed by atoms with Gasteiger partial charge in [-0.1, -0.05) is 39.3 Å². The van der Waals surface area contributed by atoms with E-state index < -0.39 is 0 Å². The summed E-state index contributed by atoms with van der Waals surface area (Å²) < 4.78 is 1.93. The van der Waals surface area contributed by atoms with Crippen LogP contribution in [0.4, 0.5) is 0 Å². The summed E-state index contributed by atoms with van der Waals surface area (Å²) in [6.07, 6.45) is 2.01. The second kappa shape index (κ2) is 6.42. The Labute approximate surface area is 126 Å². The van der Waals surface area contributed by atoms with Crippen molar-refractivity contribution in [2.45, 2.75) is 46.2 Å². The van der Waals surface area contributed by atoms with Crippen LogP contribution < -0.4 is 5.32 Å². The topological polar surface area (TPSA) is 29.9 Å². The average molecular weight is 292 g/mol. The summed E-state index contributed by atoms with van der Waals surface area (Å²) in [7, 11) is 0. The molecule has 1 N–H and O–H groups in total. The molecule has 2 aromatic rings. The lowest BCUT2D eigenvalue weighted by molar-refractivity contribution is 0.586. The summed E-state index contributed by atoms with van der Waals surface area (Å²) in [5.74, 6) is 0.431. The number of rotatable bonds is 5. The van der Waals surface area contributed by atoms with Crippen molar-refractivity contribution in [3.8, 4) is 5.69 Å². The first-order chi connectivity index (χ1) is 9.47. The van der Waals surface area contributed by atoms with Gasteiger partial charge in [0.1, 0.15) is 0 Å². The Morgan fingerprint density at radius 2 is 1.95 bits per heavy atom. The van der Waals surface area contributed by atoms with Gasteiger partial charge >= 0.3 is 0 Å². The average Bonchev–Trinajstić information content (AvgIpc) is 2.86. The number of hydrogen-bond acceptors (Lipinski definition) is 2. The van der Waals surface area contributed by atoms with E-state index in [0.29, 0.717) is 12.0 Å². The summed E-state index contributed by atoms with van der Waals surface area (Å²) >= 11 is 6.12. The fourth-order valence-electron chi connectivity index (χ4n) is 2.01. The first-order valence-electron chi connectivity index (χ1n) is 7.05. The van der Waals surface area contributed by atoms with Crippen LogP contribution in [0.25, 0.3) is 5.69 Å². The van der Waals surface area contributed by atoms with Crippen LogP contribution in [0.5, 0.6) is 0 Å². The minimum Gasteiger partial charge on any atom is -0.310 e. The molecule has 1 heterocycles. The number of halogens is 1. The molecule has 0 atom stereocenters. The molecule has 0 amide bonds. The second-order valence-electron chi connectivity index (χ2n) is 5.65. The van der Waals surface area contributed by atoms with Crippen LogP contribution in [-0.4, -0.2) is 15.8 Å². The van der Waals surface area contributed by atoms with Crippen LogP contribution in [-0.2, 0) is 6.54 Å². The third kappa shape index (κ3) is 3.62. The van der Waals surface area contributed by atoms with Gasteiger partial charge < -0.3 is 5.32 Å². The van der Waals surface area contributed by atoms with Crippen molar-refractivity contribution >= 4 is 11.6 Å². The number of nitrogens with one attached hydrogen (secondary N) is 1. The Morgan fingerprint density at radius 1 is 1.20 bits per heavy atom. The molecule has 0 unspecified atom stereocenters. The fourth-order valence-corrected chi connectivity index (χ4v) is 2.21. The number of hydrogen-bond donors (Lipinski definition) is 1. The van der Waals surface area contributed by atoms with E-state index in [-0.39, 0.29) is 0 Å². The van der Waals surface area contributed by atoms with Crippen LogP contribution in [0.15, 0.2) is 30.5 Å². The van der Waals surface area contributed by atoms with Gasteiger partial charge in [-0.15, -0.1) is 0 Å². The third-order valence-corrected chi connectivity index (χ3v) is 3.43. The molecular weight excluding hydrogens is 270 g/mol. The number of nitrogens with zero attached hydrogens (tertiary/aromatic N) is 2. The highest BCUT2D eigenvalue weighted by Crippen LogP contribution is 2.21. The van der Waals surface area contributed by atoms with Gasteiger partial charge in [0.15, 0.2) is 0 Å². The Kier molecular flexibility index (Phi) is 4.84. The molecule has 0 saturated heterocycles. The highest BCUT2D eigenvalue weighted by molar-refractivity contribution is 6.30. The largest absolute Gasteiger partial charge is 0.310 e. The van der Waals surface area contributed by atoms with Crippen molar-refractivity contribution in [3.05, 3.63) is 46.7 Å². The molecule has 20 heavy (non-hydrogen) atoms. The normalized spacial score (nSPS) is 11.6. The van der Waals surface area contributed by atoms with E-state index in [1.54, 1.807) is 0 Å². The Bertz CT molecular complexity index is 573. The molecule has 108 valence electrons. The van der Waals surface area contributed by atoms with Crippen LogP contribution in [0.2, 0.25) is 5.02 Å². The predicted molar refractivity (Wildman–Crippen MR) is 84.6 cm³/mol. The summed E-state index contributed by atoms with van der Waals surface area (Å²) in [5.41, 5.74) is 3.33. The van der Waals surface area contributed by atoms with Gasteiger partial charge in [0, 0.05) is 23.8 Å². The molecule has 3 nitrogen and oxygen atoms in total. The first-order valence-corrected chi connectivity index (χ1v) is 7.43. The molecule has 0 aliphatic carbocycles. The van der Waals surface area contributed by atoms with Gasteiger partial charge in [0.2, 0.25) is 0 Å². The van der Waals surface area contributed by atoms with Crippen molar-refractivity contribution in [2.24, 2.45) is 0 Å². The molecular formula is C16H22ClN3. The smallest absolute Gasteiger partial charge is 0.0691 e. The maximum Gasteiger partial charge on any atom is 0.0691 e. The van der Waals surface area contributed by atoms with Crippen LogP contribution in [0, 0.1) is 0 Å². The minimum atomic E-state index is 0.431. The van der Waals surface area contributed by atoms with E-state index in [9.17, 15) is 0 Å². The Morgan fingerprint density at radius 3 is 2.55 bits per heavy atom. The number of benzene rings is 1. The van der Waals surface area contributed by atoms with Gasteiger partial charge in [-0.25, -0.2) is 4.68 Å². The van der Waals surface area contributed by atoms with Gasteiger partial charge in [0.25, 0.3) is 0 Å². The molecule has 4 heteroatoms. The molecule has 0 aliphatic heterocycles. The van der Waals surface area contributed by atoms with Gasteiger partial charge in [-0.05, 0) is 35.7 Å². The standard InChI is InChI=1S/C16H22ClN3/c1-11(2)15-7-8-20(19-15)16-6-5-14(17)9-13(16)10-18-12(3)4/h5-9,11-12,18H,10H2,1-4H3. The van der Waals surface area contributed by atoms with Gasteiger partial charge in [0.05, 0.1) is 11.4 Å². The highest BCUT2D eigenvalue weighted by atomic mass is 35.5. The molecule has 0 radical (unpaired) electrons.